The van der Waals surface area contributed by atoms with Gasteiger partial charge >= 0.3 is 0 Å². The zero-order valence-corrected chi connectivity index (χ0v) is 15.0. The molecule has 0 radical (unpaired) electrons. The molecule has 7 nitrogen and oxygen atoms in total. The normalized spacial score (nSPS) is 20.6. The van der Waals surface area contributed by atoms with E-state index in [9.17, 15) is 4.79 Å². The molecule has 1 amide bonds. The van der Waals surface area contributed by atoms with Crippen molar-refractivity contribution < 1.29 is 4.79 Å². The maximum absolute atomic E-state index is 12.5. The number of nitrogens with one attached hydrogen (secondary N) is 3. The van der Waals surface area contributed by atoms with Crippen LogP contribution >= 0.6 is 0 Å². The first kappa shape index (κ1) is 16.3. The molecule has 2 aromatic heterocycles. The fraction of sp³-hybridized carbons (Fsp3) is 0.611. The Morgan fingerprint density at radius 1 is 1.28 bits per heavy atom. The molecule has 1 aliphatic carbocycles. The molecule has 3 heterocycles. The second-order valence-corrected chi connectivity index (χ2v) is 7.24. The lowest BCUT2D eigenvalue weighted by atomic mass is 10.0. The lowest BCUT2D eigenvalue weighted by Crippen LogP contribution is -2.33. The number of nitrogens with zero attached hydrogens (tertiary/aromatic N) is 3. The number of H-pyrrole nitrogens is 2. The van der Waals surface area contributed by atoms with E-state index in [0.29, 0.717) is 6.54 Å². The molecule has 0 spiro atoms. The van der Waals surface area contributed by atoms with Gasteiger partial charge in [0.15, 0.2) is 0 Å². The number of carbonyl (C=O) groups is 1. The first-order valence-corrected chi connectivity index (χ1v) is 9.25. The zero-order valence-electron chi connectivity index (χ0n) is 15.0. The number of rotatable bonds is 4. The van der Waals surface area contributed by atoms with Crippen LogP contribution in [0.1, 0.15) is 60.3 Å². The third kappa shape index (κ3) is 3.20. The molecule has 2 aromatic rings. The highest BCUT2D eigenvalue weighted by atomic mass is 16.2. The summed E-state index contributed by atoms with van der Waals surface area (Å²) >= 11 is 0. The van der Waals surface area contributed by atoms with Gasteiger partial charge < -0.3 is 10.3 Å². The highest BCUT2D eigenvalue weighted by Crippen LogP contribution is 2.32. The van der Waals surface area contributed by atoms with E-state index >= 15 is 0 Å². The molecule has 0 unspecified atom stereocenters. The molecule has 7 heteroatoms. The van der Waals surface area contributed by atoms with Crippen molar-refractivity contribution in [2.45, 2.75) is 58.4 Å². The number of fused-ring (bicyclic) bond motifs is 1. The van der Waals surface area contributed by atoms with Crippen LogP contribution in [-0.4, -0.2) is 44.1 Å². The molecule has 1 atom stereocenters. The maximum atomic E-state index is 12.5. The van der Waals surface area contributed by atoms with Crippen molar-refractivity contribution in [2.24, 2.45) is 0 Å². The number of aromatic nitrogens is 4. The van der Waals surface area contributed by atoms with Crippen molar-refractivity contribution in [1.29, 1.82) is 0 Å². The summed E-state index contributed by atoms with van der Waals surface area (Å²) in [6, 6.07) is 0.225. The van der Waals surface area contributed by atoms with Gasteiger partial charge in [-0.3, -0.25) is 14.8 Å². The molecule has 4 rings (SSSR count). The van der Waals surface area contributed by atoms with Crippen molar-refractivity contribution in [3.05, 3.63) is 28.6 Å². The van der Waals surface area contributed by atoms with E-state index in [0.717, 1.165) is 55.1 Å². The lowest BCUT2D eigenvalue weighted by molar-refractivity contribution is -0.117. The second-order valence-electron chi connectivity index (χ2n) is 7.24. The van der Waals surface area contributed by atoms with Crippen LogP contribution in [0, 0.1) is 13.8 Å². The molecule has 1 aliphatic heterocycles. The number of anilines is 1. The number of amides is 1. The first-order chi connectivity index (χ1) is 12.1. The van der Waals surface area contributed by atoms with Crippen molar-refractivity contribution in [3.63, 3.8) is 0 Å². The van der Waals surface area contributed by atoms with Gasteiger partial charge in [-0.25, -0.2) is 4.98 Å². The molecular formula is C18H26N6O. The Balaban J connectivity index is 1.44. The van der Waals surface area contributed by atoms with E-state index in [1.54, 1.807) is 0 Å². The number of imidazole rings is 1. The van der Waals surface area contributed by atoms with Gasteiger partial charge in [-0.05, 0) is 58.9 Å². The van der Waals surface area contributed by atoms with Gasteiger partial charge in [-0.1, -0.05) is 0 Å². The Labute approximate surface area is 147 Å². The highest BCUT2D eigenvalue weighted by Gasteiger charge is 2.31. The number of hydrogen-bond acceptors (Lipinski definition) is 4. The number of aromatic amines is 2. The Hall–Kier alpha value is -2.15. The minimum Gasteiger partial charge on any atom is -0.344 e. The van der Waals surface area contributed by atoms with Crippen molar-refractivity contribution in [1.82, 2.24) is 25.1 Å². The fourth-order valence-electron chi connectivity index (χ4n) is 4.06. The summed E-state index contributed by atoms with van der Waals surface area (Å²) in [6.45, 7) is 5.14. The Kier molecular flexibility index (Phi) is 4.33. The number of aryl methyl sites for hydroxylation is 4. The summed E-state index contributed by atoms with van der Waals surface area (Å²) in [5, 5.41) is 10.0. The van der Waals surface area contributed by atoms with Gasteiger partial charge in [0.1, 0.15) is 5.82 Å². The van der Waals surface area contributed by atoms with Gasteiger partial charge in [-0.2, -0.15) is 5.10 Å². The van der Waals surface area contributed by atoms with E-state index in [2.05, 4.69) is 25.4 Å². The number of likely N-dealkylation sites (tertiary alicyclic amines) is 1. The Bertz CT molecular complexity index is 734. The van der Waals surface area contributed by atoms with Crippen LogP contribution in [0.5, 0.6) is 0 Å². The van der Waals surface area contributed by atoms with E-state index in [1.807, 2.05) is 13.8 Å². The van der Waals surface area contributed by atoms with Crippen molar-refractivity contribution >= 4 is 11.6 Å². The van der Waals surface area contributed by atoms with E-state index in [4.69, 9.17) is 4.98 Å². The molecule has 2 aliphatic rings. The van der Waals surface area contributed by atoms with Crippen LogP contribution in [0.2, 0.25) is 0 Å². The van der Waals surface area contributed by atoms with Crippen molar-refractivity contribution in [3.8, 4) is 0 Å². The SMILES string of the molecule is Cc1n[nH]c(C)c1NC(=O)CN1CCC[C@@H]1c1nc2c([nH]1)CCCC2. The van der Waals surface area contributed by atoms with Gasteiger partial charge in [0.2, 0.25) is 5.91 Å². The maximum Gasteiger partial charge on any atom is 0.238 e. The lowest BCUT2D eigenvalue weighted by Gasteiger charge is -2.22. The Morgan fingerprint density at radius 3 is 2.88 bits per heavy atom. The third-order valence-electron chi connectivity index (χ3n) is 5.39. The Morgan fingerprint density at radius 2 is 2.12 bits per heavy atom. The second kappa shape index (κ2) is 6.63. The zero-order chi connectivity index (χ0) is 17.4. The molecule has 1 saturated heterocycles. The van der Waals surface area contributed by atoms with Crippen LogP contribution in [0.25, 0.3) is 0 Å². The molecule has 134 valence electrons. The van der Waals surface area contributed by atoms with E-state index < -0.39 is 0 Å². The molecule has 0 bridgehead atoms. The summed E-state index contributed by atoms with van der Waals surface area (Å²) in [5.41, 5.74) is 5.06. The van der Waals surface area contributed by atoms with Gasteiger partial charge in [0.25, 0.3) is 0 Å². The quantitative estimate of drug-likeness (QED) is 0.796. The largest absolute Gasteiger partial charge is 0.344 e. The molecule has 3 N–H and O–H groups in total. The molecule has 1 fully saturated rings. The van der Waals surface area contributed by atoms with Crippen LogP contribution in [0.4, 0.5) is 5.69 Å². The first-order valence-electron chi connectivity index (χ1n) is 9.25. The molecule has 0 aromatic carbocycles. The van der Waals surface area contributed by atoms with Crippen LogP contribution in [0.3, 0.4) is 0 Å². The summed E-state index contributed by atoms with van der Waals surface area (Å²) in [6.07, 6.45) is 6.83. The topological polar surface area (TPSA) is 89.7 Å². The minimum atomic E-state index is 0.0100. The summed E-state index contributed by atoms with van der Waals surface area (Å²) < 4.78 is 0. The van der Waals surface area contributed by atoms with E-state index in [1.165, 1.54) is 24.2 Å². The third-order valence-corrected chi connectivity index (χ3v) is 5.39. The van der Waals surface area contributed by atoms with Crippen LogP contribution in [0.15, 0.2) is 0 Å². The van der Waals surface area contributed by atoms with Gasteiger partial charge in [-0.15, -0.1) is 0 Å². The van der Waals surface area contributed by atoms with Crippen LogP contribution in [-0.2, 0) is 17.6 Å². The summed E-state index contributed by atoms with van der Waals surface area (Å²) in [4.78, 5) is 23.2. The highest BCUT2D eigenvalue weighted by molar-refractivity contribution is 5.93. The predicted octanol–water partition coefficient (Wildman–Crippen LogP) is 2.40. The molecular weight excluding hydrogens is 316 g/mol. The smallest absolute Gasteiger partial charge is 0.238 e. The van der Waals surface area contributed by atoms with Crippen LogP contribution < -0.4 is 5.32 Å². The molecule has 25 heavy (non-hydrogen) atoms. The van der Waals surface area contributed by atoms with Crippen molar-refractivity contribution in [2.75, 3.05) is 18.4 Å². The average Bonchev–Trinajstić information content (AvgIpc) is 3.29. The molecule has 0 saturated carbocycles. The number of hydrogen-bond donors (Lipinski definition) is 3. The minimum absolute atomic E-state index is 0.0100. The fourth-order valence-corrected chi connectivity index (χ4v) is 4.06. The summed E-state index contributed by atoms with van der Waals surface area (Å²) in [7, 11) is 0. The van der Waals surface area contributed by atoms with Gasteiger partial charge in [0.05, 0.1) is 35.4 Å². The average molecular weight is 342 g/mol. The van der Waals surface area contributed by atoms with Gasteiger partial charge in [0, 0.05) is 5.69 Å². The van der Waals surface area contributed by atoms with E-state index in [-0.39, 0.29) is 11.9 Å². The number of carbonyl (C=O) groups excluding carboxylic acids is 1. The summed E-state index contributed by atoms with van der Waals surface area (Å²) in [5.74, 6) is 1.06. The predicted molar refractivity (Wildman–Crippen MR) is 95.5 cm³/mol. The standard InChI is InChI=1S/C18H26N6O/c1-11-17(12(2)23-22-11)21-16(25)10-24-9-5-8-15(24)18-19-13-6-3-4-7-14(13)20-18/h15H,3-10H2,1-2H3,(H,19,20)(H,21,25)(H,22,23)/t15-/m1/s1. The monoisotopic (exact) mass is 342 g/mol.